The first-order valence-corrected chi connectivity index (χ1v) is 5.71. The third kappa shape index (κ3) is 2.94. The van der Waals surface area contributed by atoms with E-state index < -0.39 is 0 Å². The van der Waals surface area contributed by atoms with Crippen molar-refractivity contribution in [3.05, 3.63) is 36.7 Å². The van der Waals surface area contributed by atoms with Crippen molar-refractivity contribution in [2.45, 2.75) is 4.90 Å². The second kappa shape index (κ2) is 5.31. The molecule has 6 heteroatoms. The van der Waals surface area contributed by atoms with E-state index in [0.29, 0.717) is 11.6 Å². The first-order valence-electron chi connectivity index (χ1n) is 4.83. The predicted octanol–water partition coefficient (Wildman–Crippen LogP) is 2.08. The van der Waals surface area contributed by atoms with E-state index in [1.54, 1.807) is 0 Å². The molecule has 0 aliphatic carbocycles. The normalized spacial score (nSPS) is 9.88. The molecule has 0 radical (unpaired) electrons. The minimum absolute atomic E-state index is 0.443. The van der Waals surface area contributed by atoms with Crippen molar-refractivity contribution in [3.8, 4) is 0 Å². The summed E-state index contributed by atoms with van der Waals surface area (Å²) in [6, 6.07) is 7.43. The molecule has 0 bridgehead atoms. The van der Waals surface area contributed by atoms with Crippen molar-refractivity contribution in [1.82, 2.24) is 9.97 Å². The fraction of sp³-hybridized carbons (Fsp3) is 0. The molecule has 0 fully saturated rings. The molecule has 17 heavy (non-hydrogen) atoms. The van der Waals surface area contributed by atoms with Gasteiger partial charge in [0.1, 0.15) is 0 Å². The van der Waals surface area contributed by atoms with Crippen molar-refractivity contribution < 1.29 is 4.79 Å². The number of benzene rings is 1. The quantitative estimate of drug-likeness (QED) is 0.635. The summed E-state index contributed by atoms with van der Waals surface area (Å²) in [6.45, 7) is 0. The molecule has 3 N–H and O–H groups in total. The van der Waals surface area contributed by atoms with Crippen LogP contribution in [0.1, 0.15) is 0 Å². The number of nitrogens with two attached hydrogens (primary N) is 1. The van der Waals surface area contributed by atoms with Crippen molar-refractivity contribution in [2.75, 3.05) is 11.1 Å². The van der Waals surface area contributed by atoms with Gasteiger partial charge in [0, 0.05) is 4.90 Å². The maximum absolute atomic E-state index is 10.5. The molecule has 0 spiro atoms. The van der Waals surface area contributed by atoms with Gasteiger partial charge >= 0.3 is 0 Å². The number of para-hydroxylation sites is 1. The van der Waals surface area contributed by atoms with Gasteiger partial charge in [-0.25, -0.2) is 9.97 Å². The van der Waals surface area contributed by atoms with Crippen LogP contribution in [0.5, 0.6) is 0 Å². The molecule has 0 saturated carbocycles. The summed E-state index contributed by atoms with van der Waals surface area (Å²) < 4.78 is 0. The molecule has 0 atom stereocenters. The molecule has 0 saturated heterocycles. The molecule has 0 amide bonds. The third-order valence-electron chi connectivity index (χ3n) is 1.98. The number of nitrogens with one attached hydrogen (secondary N) is 1. The fourth-order valence-corrected chi connectivity index (χ4v) is 1.75. The van der Waals surface area contributed by atoms with Crippen LogP contribution < -0.4 is 11.1 Å². The van der Waals surface area contributed by atoms with Gasteiger partial charge in [0.05, 0.1) is 23.8 Å². The molecule has 0 aliphatic rings. The number of thioether (sulfide) groups is 1. The summed E-state index contributed by atoms with van der Waals surface area (Å²) in [5.74, 6) is 0.443. The lowest BCUT2D eigenvalue weighted by Gasteiger charge is -2.07. The molecular formula is C11H10N4OS. The van der Waals surface area contributed by atoms with Gasteiger partial charge in [0.15, 0.2) is 5.62 Å². The molecule has 1 aromatic heterocycles. The van der Waals surface area contributed by atoms with E-state index in [4.69, 9.17) is 5.73 Å². The molecule has 5 nitrogen and oxygen atoms in total. The molecular weight excluding hydrogens is 236 g/mol. The van der Waals surface area contributed by atoms with Crippen molar-refractivity contribution in [1.29, 1.82) is 0 Å². The zero-order valence-corrected chi connectivity index (χ0v) is 9.65. The Kier molecular flexibility index (Phi) is 3.56. The summed E-state index contributed by atoms with van der Waals surface area (Å²) in [4.78, 5) is 19.4. The summed E-state index contributed by atoms with van der Waals surface area (Å²) in [7, 11) is 0. The monoisotopic (exact) mass is 246 g/mol. The Labute approximate surface area is 102 Å². The average molecular weight is 246 g/mol. The van der Waals surface area contributed by atoms with E-state index in [-0.39, 0.29) is 0 Å². The zero-order valence-electron chi connectivity index (χ0n) is 8.83. The molecule has 2 rings (SSSR count). The van der Waals surface area contributed by atoms with Gasteiger partial charge in [0.25, 0.3) is 0 Å². The van der Waals surface area contributed by atoms with Gasteiger partial charge in [-0.2, -0.15) is 0 Å². The number of hydrogen-bond donors (Lipinski definition) is 2. The van der Waals surface area contributed by atoms with Crippen LogP contribution in [-0.4, -0.2) is 15.6 Å². The van der Waals surface area contributed by atoms with E-state index in [1.807, 2.05) is 24.3 Å². The lowest BCUT2D eigenvalue weighted by Crippen LogP contribution is -1.98. The zero-order chi connectivity index (χ0) is 12.1. The van der Waals surface area contributed by atoms with Gasteiger partial charge in [-0.3, -0.25) is 4.79 Å². The fourth-order valence-electron chi connectivity index (χ4n) is 1.25. The third-order valence-corrected chi connectivity index (χ3v) is 2.69. The molecule has 86 valence electrons. The molecule has 1 aromatic carbocycles. The number of anilines is 3. The van der Waals surface area contributed by atoms with E-state index in [1.165, 1.54) is 12.4 Å². The Hall–Kier alpha value is -2.08. The van der Waals surface area contributed by atoms with Gasteiger partial charge in [-0.15, -0.1) is 0 Å². The standard InChI is InChI=1S/C11H10N4OS/c12-8-5-13-11(14-6-8)15-9-3-1-2-4-10(9)17-7-16/h1-7H,12H2,(H,13,14,15). The molecule has 0 aliphatic heterocycles. The van der Waals surface area contributed by atoms with Crippen LogP contribution in [0, 0.1) is 0 Å². The summed E-state index contributed by atoms with van der Waals surface area (Å²) in [6.07, 6.45) is 3.04. The number of nitrogens with zero attached hydrogens (tertiary/aromatic N) is 2. The van der Waals surface area contributed by atoms with Crippen LogP contribution >= 0.6 is 11.8 Å². The number of rotatable bonds is 4. The Morgan fingerprint density at radius 2 is 1.94 bits per heavy atom. The lowest BCUT2D eigenvalue weighted by molar-refractivity contribution is 0.570. The molecule has 0 unspecified atom stereocenters. The van der Waals surface area contributed by atoms with Gasteiger partial charge in [-0.1, -0.05) is 23.9 Å². The highest BCUT2D eigenvalue weighted by Gasteiger charge is 2.03. The molecule has 2 aromatic rings. The smallest absolute Gasteiger partial charge is 0.227 e. The van der Waals surface area contributed by atoms with E-state index in [2.05, 4.69) is 15.3 Å². The van der Waals surface area contributed by atoms with Crippen molar-refractivity contribution >= 4 is 34.7 Å². The van der Waals surface area contributed by atoms with Crippen LogP contribution in [0.15, 0.2) is 41.6 Å². The average Bonchev–Trinajstić information content (AvgIpc) is 2.35. The van der Waals surface area contributed by atoms with Gasteiger partial charge in [0.2, 0.25) is 5.95 Å². The second-order valence-electron chi connectivity index (χ2n) is 3.18. The minimum atomic E-state index is 0.443. The van der Waals surface area contributed by atoms with Crippen LogP contribution in [0.2, 0.25) is 0 Å². The first-order chi connectivity index (χ1) is 8.29. The van der Waals surface area contributed by atoms with Crippen LogP contribution in [0.3, 0.4) is 0 Å². The highest BCUT2D eigenvalue weighted by Crippen LogP contribution is 2.26. The van der Waals surface area contributed by atoms with Crippen LogP contribution in [-0.2, 0) is 4.79 Å². The Bertz CT molecular complexity index is 515. The number of carbonyl (C=O) groups excluding carboxylic acids is 1. The van der Waals surface area contributed by atoms with Crippen molar-refractivity contribution in [3.63, 3.8) is 0 Å². The number of hydrogen-bond acceptors (Lipinski definition) is 6. The van der Waals surface area contributed by atoms with E-state index in [0.717, 1.165) is 28.0 Å². The summed E-state index contributed by atoms with van der Waals surface area (Å²) in [5.41, 5.74) is 7.57. The Morgan fingerprint density at radius 1 is 1.24 bits per heavy atom. The summed E-state index contributed by atoms with van der Waals surface area (Å²) in [5, 5.41) is 3.03. The van der Waals surface area contributed by atoms with Crippen LogP contribution in [0.4, 0.5) is 17.3 Å². The second-order valence-corrected chi connectivity index (χ2v) is 4.04. The molecule has 1 heterocycles. The Balaban J connectivity index is 2.23. The number of carbonyl (C=O) groups is 1. The highest BCUT2D eigenvalue weighted by atomic mass is 32.2. The van der Waals surface area contributed by atoms with Crippen molar-refractivity contribution in [2.24, 2.45) is 0 Å². The Morgan fingerprint density at radius 3 is 2.65 bits per heavy atom. The maximum atomic E-state index is 10.5. The lowest BCUT2D eigenvalue weighted by atomic mass is 10.3. The van der Waals surface area contributed by atoms with E-state index in [9.17, 15) is 4.79 Å². The number of aromatic nitrogens is 2. The largest absolute Gasteiger partial charge is 0.396 e. The van der Waals surface area contributed by atoms with E-state index >= 15 is 0 Å². The van der Waals surface area contributed by atoms with Gasteiger partial charge in [-0.05, 0) is 12.1 Å². The summed E-state index contributed by atoms with van der Waals surface area (Å²) >= 11 is 1.10. The SMILES string of the molecule is Nc1cnc(Nc2ccccc2SC=O)nc1. The maximum Gasteiger partial charge on any atom is 0.227 e. The topological polar surface area (TPSA) is 80.9 Å². The predicted molar refractivity (Wildman–Crippen MR) is 68.8 cm³/mol. The number of nitrogen functional groups attached to an aromatic ring is 1. The van der Waals surface area contributed by atoms with Gasteiger partial charge < -0.3 is 11.1 Å². The first kappa shape index (κ1) is 11.4. The highest BCUT2D eigenvalue weighted by molar-refractivity contribution is 8.12. The van der Waals surface area contributed by atoms with Crippen LogP contribution in [0.25, 0.3) is 0 Å². The minimum Gasteiger partial charge on any atom is -0.396 e.